The number of benzene rings is 1. The minimum Gasteiger partial charge on any atom is -0.382 e. The van der Waals surface area contributed by atoms with E-state index in [0.29, 0.717) is 0 Å². The number of alkyl halides is 3. The molecule has 0 bridgehead atoms. The quantitative estimate of drug-likeness (QED) is 0.791. The minimum absolute atomic E-state index is 0. The van der Waals surface area contributed by atoms with Crippen molar-refractivity contribution in [3.8, 4) is 0 Å². The smallest absolute Gasteiger partial charge is 0.382 e. The summed E-state index contributed by atoms with van der Waals surface area (Å²) < 4.78 is 36.9. The second-order valence-corrected chi connectivity index (χ2v) is 3.84. The number of H-pyrrole nitrogens is 1. The van der Waals surface area contributed by atoms with Crippen LogP contribution in [0.5, 0.6) is 0 Å². The Kier molecular flexibility index (Phi) is 4.26. The molecule has 0 fully saturated rings. The van der Waals surface area contributed by atoms with Crippen LogP contribution in [-0.2, 0) is 0 Å². The first-order chi connectivity index (χ1) is 7.89. The van der Waals surface area contributed by atoms with Gasteiger partial charge in [0.05, 0.1) is 6.04 Å². The Bertz CT molecular complexity index is 526. The third-order valence-corrected chi connectivity index (χ3v) is 2.64. The molecule has 3 nitrogen and oxygen atoms in total. The van der Waals surface area contributed by atoms with Crippen molar-refractivity contribution in [3.63, 3.8) is 0 Å². The predicted octanol–water partition coefficient (Wildman–Crippen LogP) is 2.51. The number of hydrogen-bond acceptors (Lipinski definition) is 2. The number of halogens is 4. The molecule has 0 amide bonds. The molecular weight excluding hydrogens is 269 g/mol. The molecule has 4 N–H and O–H groups in total. The Morgan fingerprint density at radius 3 is 2.50 bits per heavy atom. The maximum absolute atomic E-state index is 12.3. The first-order valence-corrected chi connectivity index (χ1v) is 4.97. The maximum Gasteiger partial charge on any atom is 0.416 e. The van der Waals surface area contributed by atoms with Gasteiger partial charge in [0.15, 0.2) is 6.10 Å². The second-order valence-electron chi connectivity index (χ2n) is 3.84. The lowest BCUT2D eigenvalue weighted by molar-refractivity contribution is -0.210. The summed E-state index contributed by atoms with van der Waals surface area (Å²) in [5.74, 6) is 0. The van der Waals surface area contributed by atoms with Crippen molar-refractivity contribution in [2.75, 3.05) is 0 Å². The van der Waals surface area contributed by atoms with E-state index in [-0.39, 0.29) is 18.0 Å². The second kappa shape index (κ2) is 5.17. The van der Waals surface area contributed by atoms with E-state index < -0.39 is 18.3 Å². The Morgan fingerprint density at radius 1 is 1.22 bits per heavy atom. The van der Waals surface area contributed by atoms with Gasteiger partial charge in [-0.15, -0.1) is 12.4 Å². The van der Waals surface area contributed by atoms with Crippen molar-refractivity contribution in [2.24, 2.45) is 5.73 Å². The summed E-state index contributed by atoms with van der Waals surface area (Å²) in [4.78, 5) is 2.92. The van der Waals surface area contributed by atoms with Crippen LogP contribution in [0.15, 0.2) is 30.5 Å². The van der Waals surface area contributed by atoms with Gasteiger partial charge in [0.25, 0.3) is 0 Å². The molecule has 0 unspecified atom stereocenters. The summed E-state index contributed by atoms with van der Waals surface area (Å²) in [6.07, 6.45) is -5.59. The van der Waals surface area contributed by atoms with Crippen LogP contribution in [0.2, 0.25) is 0 Å². The first kappa shape index (κ1) is 14.8. The molecule has 1 heterocycles. The molecule has 18 heavy (non-hydrogen) atoms. The fourth-order valence-corrected chi connectivity index (χ4v) is 1.66. The molecule has 2 atom stereocenters. The number of aliphatic hydroxyl groups excluding tert-OH is 1. The van der Waals surface area contributed by atoms with Crippen LogP contribution in [0.25, 0.3) is 10.9 Å². The highest BCUT2D eigenvalue weighted by atomic mass is 35.5. The number of nitrogens with two attached hydrogens (primary N) is 1. The molecule has 0 spiro atoms. The van der Waals surface area contributed by atoms with Crippen LogP contribution in [0.1, 0.15) is 11.6 Å². The number of aromatic nitrogens is 1. The van der Waals surface area contributed by atoms with Crippen molar-refractivity contribution < 1.29 is 18.3 Å². The molecule has 0 aliphatic heterocycles. The van der Waals surface area contributed by atoms with Gasteiger partial charge in [-0.25, -0.2) is 0 Å². The van der Waals surface area contributed by atoms with E-state index in [2.05, 4.69) is 4.98 Å². The summed E-state index contributed by atoms with van der Waals surface area (Å²) >= 11 is 0. The molecule has 0 saturated carbocycles. The van der Waals surface area contributed by atoms with Crippen LogP contribution in [0.4, 0.5) is 13.2 Å². The summed E-state index contributed by atoms with van der Waals surface area (Å²) in [7, 11) is 0. The van der Waals surface area contributed by atoms with Crippen LogP contribution in [0.3, 0.4) is 0 Å². The molecule has 2 aromatic rings. The molecule has 7 heteroatoms. The molecule has 1 aromatic heterocycles. The zero-order chi connectivity index (χ0) is 12.6. The number of fused-ring (bicyclic) bond motifs is 1. The average Bonchev–Trinajstić information content (AvgIpc) is 2.72. The molecule has 2 rings (SSSR count). The maximum atomic E-state index is 12.3. The fraction of sp³-hybridized carbons (Fsp3) is 0.273. The third-order valence-electron chi connectivity index (χ3n) is 2.64. The lowest BCUT2D eigenvalue weighted by Crippen LogP contribution is -2.38. The summed E-state index contributed by atoms with van der Waals surface area (Å²) in [5, 5.41) is 9.83. The zero-order valence-electron chi connectivity index (χ0n) is 9.11. The SMILES string of the molecule is Cl.N[C@@H](c1ccc2[nH]ccc2c1)[C@H](O)C(F)(F)F. The topological polar surface area (TPSA) is 62.0 Å². The zero-order valence-corrected chi connectivity index (χ0v) is 9.92. The van der Waals surface area contributed by atoms with E-state index in [1.807, 2.05) is 0 Å². The third kappa shape index (κ3) is 2.77. The lowest BCUT2D eigenvalue weighted by atomic mass is 10.0. The Hall–Kier alpha value is -1.24. The van der Waals surface area contributed by atoms with Crippen LogP contribution >= 0.6 is 12.4 Å². The van der Waals surface area contributed by atoms with Gasteiger partial charge in [0, 0.05) is 11.7 Å². The minimum atomic E-state index is -4.72. The Balaban J connectivity index is 0.00000162. The van der Waals surface area contributed by atoms with Crippen LogP contribution in [-0.4, -0.2) is 22.4 Å². The number of aliphatic hydroxyl groups is 1. The summed E-state index contributed by atoms with van der Waals surface area (Å²) in [6.45, 7) is 0. The normalized spacial score (nSPS) is 15.2. The number of aromatic amines is 1. The van der Waals surface area contributed by atoms with Gasteiger partial charge in [-0.1, -0.05) is 6.07 Å². The average molecular weight is 281 g/mol. The largest absolute Gasteiger partial charge is 0.416 e. The number of rotatable bonds is 2. The standard InChI is InChI=1S/C11H11F3N2O.ClH/c12-11(13,14)10(17)9(15)7-1-2-8-6(5-7)3-4-16-8;/h1-5,9-10,16-17H,15H2;1H/t9-,10-;/m0./s1. The van der Waals surface area contributed by atoms with E-state index in [9.17, 15) is 13.2 Å². The molecule has 100 valence electrons. The molecule has 0 radical (unpaired) electrons. The van der Waals surface area contributed by atoms with E-state index in [0.717, 1.165) is 10.9 Å². The van der Waals surface area contributed by atoms with Crippen molar-refractivity contribution in [2.45, 2.75) is 18.3 Å². The van der Waals surface area contributed by atoms with E-state index in [1.165, 1.54) is 12.1 Å². The van der Waals surface area contributed by atoms with Crippen molar-refractivity contribution in [3.05, 3.63) is 36.0 Å². The Labute approximate surface area is 107 Å². The monoisotopic (exact) mass is 280 g/mol. The van der Waals surface area contributed by atoms with Gasteiger partial charge in [0.1, 0.15) is 0 Å². The predicted molar refractivity (Wildman–Crippen MR) is 64.5 cm³/mol. The molecule has 1 aromatic carbocycles. The van der Waals surface area contributed by atoms with Crippen molar-refractivity contribution in [1.82, 2.24) is 4.98 Å². The summed E-state index contributed by atoms with van der Waals surface area (Å²) in [5.41, 5.74) is 6.46. The molecule has 0 saturated heterocycles. The van der Waals surface area contributed by atoms with Gasteiger partial charge >= 0.3 is 6.18 Å². The highest BCUT2D eigenvalue weighted by Crippen LogP contribution is 2.29. The van der Waals surface area contributed by atoms with Gasteiger partial charge in [-0.3, -0.25) is 0 Å². The highest BCUT2D eigenvalue weighted by molar-refractivity contribution is 5.85. The van der Waals surface area contributed by atoms with E-state index in [4.69, 9.17) is 10.8 Å². The van der Waals surface area contributed by atoms with Gasteiger partial charge in [0.2, 0.25) is 0 Å². The highest BCUT2D eigenvalue weighted by Gasteiger charge is 2.42. The summed E-state index contributed by atoms with van der Waals surface area (Å²) in [6, 6.07) is 4.89. The van der Waals surface area contributed by atoms with E-state index >= 15 is 0 Å². The molecule has 0 aliphatic rings. The van der Waals surface area contributed by atoms with Crippen molar-refractivity contribution >= 4 is 23.3 Å². The van der Waals surface area contributed by atoms with Gasteiger partial charge in [-0.2, -0.15) is 13.2 Å². The number of nitrogens with one attached hydrogen (secondary N) is 1. The fourth-order valence-electron chi connectivity index (χ4n) is 1.66. The van der Waals surface area contributed by atoms with Gasteiger partial charge in [-0.05, 0) is 29.1 Å². The van der Waals surface area contributed by atoms with Crippen molar-refractivity contribution in [1.29, 1.82) is 0 Å². The number of hydrogen-bond donors (Lipinski definition) is 3. The lowest BCUT2D eigenvalue weighted by Gasteiger charge is -2.21. The molecular formula is C11H12ClF3N2O. The molecule has 0 aliphatic carbocycles. The van der Waals surface area contributed by atoms with Gasteiger partial charge < -0.3 is 15.8 Å². The van der Waals surface area contributed by atoms with Crippen LogP contribution < -0.4 is 5.73 Å². The Morgan fingerprint density at radius 2 is 1.89 bits per heavy atom. The first-order valence-electron chi connectivity index (χ1n) is 4.97. The van der Waals surface area contributed by atoms with Crippen LogP contribution in [0, 0.1) is 0 Å². The van der Waals surface area contributed by atoms with E-state index in [1.54, 1.807) is 18.3 Å².